The van der Waals surface area contributed by atoms with Crippen molar-refractivity contribution in [2.75, 3.05) is 0 Å². The molecule has 3 rings (SSSR count). The highest BCUT2D eigenvalue weighted by Gasteiger charge is 2.17. The van der Waals surface area contributed by atoms with Gasteiger partial charge in [0.25, 0.3) is 15.9 Å². The summed E-state index contributed by atoms with van der Waals surface area (Å²) >= 11 is 0. The van der Waals surface area contributed by atoms with Crippen LogP contribution >= 0.6 is 0 Å². The van der Waals surface area contributed by atoms with Crippen LogP contribution < -0.4 is 10.3 Å². The van der Waals surface area contributed by atoms with Crippen molar-refractivity contribution in [1.82, 2.24) is 10.3 Å². The number of amides is 1. The molecule has 0 bridgehead atoms. The number of nitrogens with one attached hydrogen (secondary N) is 2. The molecule has 3 aromatic carbocycles. The summed E-state index contributed by atoms with van der Waals surface area (Å²) in [6.45, 7) is 0. The number of hydrogen-bond acceptors (Lipinski definition) is 4. The van der Waals surface area contributed by atoms with E-state index >= 15 is 0 Å². The highest BCUT2D eigenvalue weighted by atomic mass is 32.2. The van der Waals surface area contributed by atoms with E-state index in [4.69, 9.17) is 5.11 Å². The summed E-state index contributed by atoms with van der Waals surface area (Å²) < 4.78 is 24.5. The molecular formula is C18H14N2O5S. The van der Waals surface area contributed by atoms with Crippen LogP contribution in [0.25, 0.3) is 10.8 Å². The van der Waals surface area contributed by atoms with Crippen LogP contribution in [0.3, 0.4) is 0 Å². The molecule has 0 atom stereocenters. The van der Waals surface area contributed by atoms with Crippen molar-refractivity contribution in [3.05, 3.63) is 77.9 Å². The fourth-order valence-corrected chi connectivity index (χ4v) is 3.28. The first-order valence-corrected chi connectivity index (χ1v) is 9.00. The number of aromatic carboxylic acids is 1. The number of carboxylic acid groups (broad SMARTS) is 1. The predicted octanol–water partition coefficient (Wildman–Crippen LogP) is 2.16. The number of benzene rings is 3. The highest BCUT2D eigenvalue weighted by Crippen LogP contribution is 2.18. The summed E-state index contributed by atoms with van der Waals surface area (Å²) in [4.78, 5) is 25.0. The second-order valence-corrected chi connectivity index (χ2v) is 7.10. The molecule has 1 amide bonds. The van der Waals surface area contributed by atoms with E-state index in [1.54, 1.807) is 24.3 Å². The lowest BCUT2D eigenvalue weighted by atomic mass is 10.0. The Kier molecular flexibility index (Phi) is 4.70. The lowest BCUT2D eigenvalue weighted by Crippen LogP contribution is -2.41. The standard InChI is InChI=1S/C18H14N2O5S/c21-17(16-7-3-5-12-4-1-2-6-15(12)16)19-20-26(24,25)14-10-8-13(9-11-14)18(22)23/h1-11,20H,(H,19,21)(H,22,23). The van der Waals surface area contributed by atoms with Crippen LogP contribution in [0.2, 0.25) is 0 Å². The zero-order chi connectivity index (χ0) is 18.7. The van der Waals surface area contributed by atoms with Gasteiger partial charge in [0.1, 0.15) is 0 Å². The monoisotopic (exact) mass is 370 g/mol. The third-order valence-electron chi connectivity index (χ3n) is 3.74. The van der Waals surface area contributed by atoms with Gasteiger partial charge in [0, 0.05) is 5.56 Å². The quantitative estimate of drug-likeness (QED) is 0.596. The van der Waals surface area contributed by atoms with Crippen LogP contribution in [0.15, 0.2) is 71.6 Å². The molecule has 0 aliphatic heterocycles. The second kappa shape index (κ2) is 6.95. The van der Waals surface area contributed by atoms with Gasteiger partial charge in [0.2, 0.25) is 0 Å². The first-order valence-electron chi connectivity index (χ1n) is 7.52. The molecule has 0 saturated carbocycles. The van der Waals surface area contributed by atoms with Crippen molar-refractivity contribution in [2.45, 2.75) is 4.90 Å². The minimum absolute atomic E-state index is 0.0382. The number of carbonyl (C=O) groups excluding carboxylic acids is 1. The van der Waals surface area contributed by atoms with E-state index in [1.165, 1.54) is 12.1 Å². The van der Waals surface area contributed by atoms with Gasteiger partial charge in [0.15, 0.2) is 0 Å². The molecule has 8 heteroatoms. The largest absolute Gasteiger partial charge is 0.478 e. The van der Waals surface area contributed by atoms with Crippen molar-refractivity contribution in [1.29, 1.82) is 0 Å². The Morgan fingerprint density at radius 3 is 2.19 bits per heavy atom. The van der Waals surface area contributed by atoms with Crippen molar-refractivity contribution in [2.24, 2.45) is 0 Å². The molecule has 7 nitrogen and oxygen atoms in total. The van der Waals surface area contributed by atoms with Gasteiger partial charge >= 0.3 is 5.97 Å². The zero-order valence-corrected chi connectivity index (χ0v) is 14.2. The average Bonchev–Trinajstić information content (AvgIpc) is 2.65. The van der Waals surface area contributed by atoms with Gasteiger partial charge in [-0.3, -0.25) is 10.2 Å². The molecule has 0 heterocycles. The van der Waals surface area contributed by atoms with Crippen LogP contribution in [0.5, 0.6) is 0 Å². The Labute approximate surface area is 149 Å². The maximum absolute atomic E-state index is 12.4. The van der Waals surface area contributed by atoms with Gasteiger partial charge in [0.05, 0.1) is 10.5 Å². The van der Waals surface area contributed by atoms with E-state index in [0.717, 1.165) is 17.5 Å². The van der Waals surface area contributed by atoms with Gasteiger partial charge in [-0.2, -0.15) is 0 Å². The lowest BCUT2D eigenvalue weighted by Gasteiger charge is -2.10. The van der Waals surface area contributed by atoms with Crippen molar-refractivity contribution in [3.63, 3.8) is 0 Å². The lowest BCUT2D eigenvalue weighted by molar-refractivity contribution is 0.0696. The molecule has 3 N–H and O–H groups in total. The molecule has 3 aromatic rings. The number of rotatable bonds is 5. The fourth-order valence-electron chi connectivity index (χ4n) is 2.44. The molecule has 132 valence electrons. The summed E-state index contributed by atoms with van der Waals surface area (Å²) in [6.07, 6.45) is 0. The first kappa shape index (κ1) is 17.6. The maximum atomic E-state index is 12.4. The van der Waals surface area contributed by atoms with Crippen LogP contribution in [0.4, 0.5) is 0 Å². The Bertz CT molecular complexity index is 1090. The summed E-state index contributed by atoms with van der Waals surface area (Å²) in [7, 11) is -4.03. The number of carboxylic acids is 1. The second-order valence-electron chi connectivity index (χ2n) is 5.42. The van der Waals surface area contributed by atoms with Gasteiger partial charge in [-0.25, -0.2) is 13.2 Å². The molecule has 0 saturated heterocycles. The molecule has 26 heavy (non-hydrogen) atoms. The average molecular weight is 370 g/mol. The Balaban J connectivity index is 1.78. The van der Waals surface area contributed by atoms with Gasteiger partial charge < -0.3 is 5.11 Å². The Hall–Kier alpha value is -3.23. The van der Waals surface area contributed by atoms with E-state index in [9.17, 15) is 18.0 Å². The van der Waals surface area contributed by atoms with E-state index in [2.05, 4.69) is 5.43 Å². The molecule has 0 aliphatic carbocycles. The molecule has 0 spiro atoms. The normalized spacial score (nSPS) is 11.2. The molecule has 0 aliphatic rings. The van der Waals surface area contributed by atoms with Crippen molar-refractivity contribution < 1.29 is 23.1 Å². The summed E-state index contributed by atoms with van der Waals surface area (Å²) in [5.41, 5.74) is 2.46. The molecular weight excluding hydrogens is 356 g/mol. The SMILES string of the molecule is O=C(O)c1ccc(S(=O)(=O)NNC(=O)c2cccc3ccccc23)cc1. The number of carbonyl (C=O) groups is 2. The molecule has 0 radical (unpaired) electrons. The fraction of sp³-hybridized carbons (Fsp3) is 0. The highest BCUT2D eigenvalue weighted by molar-refractivity contribution is 7.89. The van der Waals surface area contributed by atoms with E-state index in [0.29, 0.717) is 10.9 Å². The maximum Gasteiger partial charge on any atom is 0.335 e. The van der Waals surface area contributed by atoms with E-state index in [-0.39, 0.29) is 10.5 Å². The van der Waals surface area contributed by atoms with Crippen molar-refractivity contribution >= 4 is 32.7 Å². The van der Waals surface area contributed by atoms with Gasteiger partial charge in [-0.1, -0.05) is 36.4 Å². The summed E-state index contributed by atoms with van der Waals surface area (Å²) in [5.74, 6) is -1.77. The van der Waals surface area contributed by atoms with Crippen LogP contribution in [0.1, 0.15) is 20.7 Å². The van der Waals surface area contributed by atoms with Crippen molar-refractivity contribution in [3.8, 4) is 0 Å². The predicted molar refractivity (Wildman–Crippen MR) is 95.1 cm³/mol. The molecule has 0 fully saturated rings. The van der Waals surface area contributed by atoms with Gasteiger partial charge in [-0.05, 0) is 41.1 Å². The number of sulfonamides is 1. The smallest absolute Gasteiger partial charge is 0.335 e. The summed E-state index contributed by atoms with van der Waals surface area (Å²) in [6, 6.07) is 17.0. The number of hydrazine groups is 1. The Morgan fingerprint density at radius 2 is 1.50 bits per heavy atom. The topological polar surface area (TPSA) is 113 Å². The minimum Gasteiger partial charge on any atom is -0.478 e. The minimum atomic E-state index is -4.03. The van der Waals surface area contributed by atoms with Crippen LogP contribution in [-0.4, -0.2) is 25.4 Å². The van der Waals surface area contributed by atoms with Crippen LogP contribution in [-0.2, 0) is 10.0 Å². The third kappa shape index (κ3) is 3.56. The zero-order valence-electron chi connectivity index (χ0n) is 13.3. The van der Waals surface area contributed by atoms with E-state index < -0.39 is 21.9 Å². The van der Waals surface area contributed by atoms with Gasteiger partial charge in [-0.15, -0.1) is 4.83 Å². The van der Waals surface area contributed by atoms with E-state index in [1.807, 2.05) is 23.0 Å². The summed E-state index contributed by atoms with van der Waals surface area (Å²) in [5, 5.41) is 10.4. The number of fused-ring (bicyclic) bond motifs is 1. The van der Waals surface area contributed by atoms with Crippen LogP contribution in [0, 0.1) is 0 Å². The number of hydrogen-bond donors (Lipinski definition) is 3. The first-order chi connectivity index (χ1) is 12.4. The third-order valence-corrected chi connectivity index (χ3v) is 5.01. The molecule has 0 unspecified atom stereocenters. The Morgan fingerprint density at radius 1 is 0.846 bits per heavy atom. The molecule has 0 aromatic heterocycles.